The number of fused-ring (bicyclic) bond motifs is 1. The zero-order valence-corrected chi connectivity index (χ0v) is 17.4. The number of hydrogen-bond acceptors (Lipinski definition) is 5. The quantitative estimate of drug-likeness (QED) is 0.658. The van der Waals surface area contributed by atoms with Crippen molar-refractivity contribution < 1.29 is 19.1 Å². The Balaban J connectivity index is 0.00000256. The third-order valence-electron chi connectivity index (χ3n) is 5.49. The lowest BCUT2D eigenvalue weighted by Gasteiger charge is -2.19. The number of nitrogens with zero attached hydrogens (tertiary/aromatic N) is 1. The predicted octanol–water partition coefficient (Wildman–Crippen LogP) is 2.38. The van der Waals surface area contributed by atoms with Crippen molar-refractivity contribution in [3.63, 3.8) is 0 Å². The van der Waals surface area contributed by atoms with Crippen molar-refractivity contribution in [2.75, 3.05) is 13.7 Å². The van der Waals surface area contributed by atoms with E-state index in [0.29, 0.717) is 40.5 Å². The minimum atomic E-state index is -0.329. The van der Waals surface area contributed by atoms with Gasteiger partial charge in [0, 0.05) is 12.6 Å². The molecule has 1 fully saturated rings. The van der Waals surface area contributed by atoms with Gasteiger partial charge < -0.3 is 15.8 Å². The number of hydrogen-bond donors (Lipinski definition) is 2. The number of halogens is 1. The Morgan fingerprint density at radius 1 is 1.17 bits per heavy atom. The van der Waals surface area contributed by atoms with Gasteiger partial charge in [-0.3, -0.25) is 19.3 Å². The number of nitrogens with two attached hydrogens (primary N) is 1. The van der Waals surface area contributed by atoms with Gasteiger partial charge in [-0.05, 0) is 48.6 Å². The summed E-state index contributed by atoms with van der Waals surface area (Å²) in [7, 11) is 1.50. The summed E-state index contributed by atoms with van der Waals surface area (Å²) in [4.78, 5) is 39.2. The van der Waals surface area contributed by atoms with Crippen LogP contribution >= 0.6 is 12.4 Å². The van der Waals surface area contributed by atoms with Crippen LogP contribution in [0.1, 0.15) is 49.5 Å². The van der Waals surface area contributed by atoms with Gasteiger partial charge >= 0.3 is 0 Å². The largest absolute Gasteiger partial charge is 0.496 e. The molecule has 2 aromatic carbocycles. The summed E-state index contributed by atoms with van der Waals surface area (Å²) >= 11 is 0. The molecule has 3 N–H and O–H groups in total. The second kappa shape index (κ2) is 8.85. The zero-order valence-electron chi connectivity index (χ0n) is 16.6. The van der Waals surface area contributed by atoms with Crippen LogP contribution < -0.4 is 15.8 Å². The molecule has 4 rings (SSSR count). The second-order valence-electron chi connectivity index (χ2n) is 7.43. The van der Waals surface area contributed by atoms with Crippen molar-refractivity contribution in [2.45, 2.75) is 25.4 Å². The lowest BCUT2D eigenvalue weighted by atomic mass is 10.1. The van der Waals surface area contributed by atoms with Crippen molar-refractivity contribution in [3.05, 3.63) is 64.7 Å². The highest BCUT2D eigenvalue weighted by molar-refractivity contribution is 6.21. The van der Waals surface area contributed by atoms with Crippen LogP contribution in [0.2, 0.25) is 0 Å². The van der Waals surface area contributed by atoms with Gasteiger partial charge in [0.1, 0.15) is 5.75 Å². The molecule has 2 aromatic rings. The number of carbonyl (C=O) groups is 3. The van der Waals surface area contributed by atoms with E-state index in [-0.39, 0.29) is 42.7 Å². The summed E-state index contributed by atoms with van der Waals surface area (Å²) in [5.74, 6) is -0.0706. The lowest BCUT2D eigenvalue weighted by molar-refractivity contribution is 0.0642. The van der Waals surface area contributed by atoms with Gasteiger partial charge in [-0.2, -0.15) is 0 Å². The van der Waals surface area contributed by atoms with E-state index >= 15 is 0 Å². The normalized spacial score (nSPS) is 16.0. The zero-order chi connectivity index (χ0) is 20.5. The average molecular weight is 430 g/mol. The van der Waals surface area contributed by atoms with Crippen molar-refractivity contribution in [2.24, 2.45) is 11.7 Å². The molecule has 2 aliphatic rings. The fraction of sp³-hybridized carbons (Fsp3) is 0.318. The third-order valence-corrected chi connectivity index (χ3v) is 5.49. The van der Waals surface area contributed by atoms with E-state index < -0.39 is 0 Å². The minimum Gasteiger partial charge on any atom is -0.496 e. The Morgan fingerprint density at radius 3 is 2.33 bits per heavy atom. The van der Waals surface area contributed by atoms with Gasteiger partial charge in [-0.15, -0.1) is 12.4 Å². The molecule has 30 heavy (non-hydrogen) atoms. The standard InChI is InChI=1S/C22H23N3O4.ClH/c1-29-19-9-6-13(10-17(19)20(26)24-18(11-23)14-7-8-14)12-25-21(27)15-4-2-3-5-16(15)22(25)28;/h2-6,9-10,14,18H,7-8,11-12,23H2,1H3,(H,24,26);1H. The van der Waals surface area contributed by atoms with Crippen LogP contribution in [0.4, 0.5) is 0 Å². The highest BCUT2D eigenvalue weighted by atomic mass is 35.5. The molecule has 1 heterocycles. The maximum Gasteiger partial charge on any atom is 0.261 e. The van der Waals surface area contributed by atoms with E-state index in [0.717, 1.165) is 12.8 Å². The molecule has 1 aliphatic heterocycles. The summed E-state index contributed by atoms with van der Waals surface area (Å²) in [6.07, 6.45) is 2.14. The fourth-order valence-corrected chi connectivity index (χ4v) is 3.71. The molecule has 1 aliphatic carbocycles. The third kappa shape index (κ3) is 4.04. The molecule has 1 atom stereocenters. The Hall–Kier alpha value is -2.90. The first kappa shape index (κ1) is 21.8. The van der Waals surface area contributed by atoms with Gasteiger partial charge in [-0.25, -0.2) is 0 Å². The van der Waals surface area contributed by atoms with Gasteiger partial charge in [0.15, 0.2) is 0 Å². The van der Waals surface area contributed by atoms with E-state index in [9.17, 15) is 14.4 Å². The summed E-state index contributed by atoms with van der Waals surface area (Å²) in [5.41, 5.74) is 7.63. The number of rotatable bonds is 7. The van der Waals surface area contributed by atoms with Gasteiger partial charge in [0.05, 0.1) is 30.3 Å². The van der Waals surface area contributed by atoms with Crippen molar-refractivity contribution in [1.82, 2.24) is 10.2 Å². The van der Waals surface area contributed by atoms with Crippen LogP contribution in [0.3, 0.4) is 0 Å². The summed E-state index contributed by atoms with van der Waals surface area (Å²) < 4.78 is 5.34. The molecule has 1 unspecified atom stereocenters. The summed E-state index contributed by atoms with van der Waals surface area (Å²) in [6, 6.07) is 11.8. The molecule has 158 valence electrons. The van der Waals surface area contributed by atoms with E-state index in [2.05, 4.69) is 5.32 Å². The molecule has 3 amide bonds. The number of carbonyl (C=O) groups excluding carboxylic acids is 3. The number of methoxy groups -OCH3 is 1. The summed E-state index contributed by atoms with van der Waals surface area (Å²) in [6.45, 7) is 0.465. The molecule has 8 heteroatoms. The Kier molecular flexibility index (Phi) is 6.43. The molecule has 0 saturated heterocycles. The second-order valence-corrected chi connectivity index (χ2v) is 7.43. The number of benzene rings is 2. The van der Waals surface area contributed by atoms with Crippen LogP contribution in [0.15, 0.2) is 42.5 Å². The molecular weight excluding hydrogens is 406 g/mol. The molecule has 7 nitrogen and oxygen atoms in total. The number of ether oxygens (including phenoxy) is 1. The number of imide groups is 1. The molecule has 0 bridgehead atoms. The summed E-state index contributed by atoms with van der Waals surface area (Å²) in [5, 5.41) is 2.98. The highest BCUT2D eigenvalue weighted by Crippen LogP contribution is 2.33. The van der Waals surface area contributed by atoms with E-state index in [1.165, 1.54) is 12.0 Å². The van der Waals surface area contributed by atoms with Gasteiger partial charge in [-0.1, -0.05) is 18.2 Å². The van der Waals surface area contributed by atoms with Crippen LogP contribution in [-0.4, -0.2) is 42.3 Å². The van der Waals surface area contributed by atoms with Crippen molar-refractivity contribution >= 4 is 30.1 Å². The van der Waals surface area contributed by atoms with Crippen LogP contribution in [0, 0.1) is 5.92 Å². The van der Waals surface area contributed by atoms with E-state index in [1.807, 2.05) is 0 Å². The topological polar surface area (TPSA) is 102 Å². The predicted molar refractivity (Wildman–Crippen MR) is 114 cm³/mol. The first-order chi connectivity index (χ1) is 14.0. The smallest absolute Gasteiger partial charge is 0.261 e. The first-order valence-corrected chi connectivity index (χ1v) is 9.66. The average Bonchev–Trinajstić information content (AvgIpc) is 3.56. The fourth-order valence-electron chi connectivity index (χ4n) is 3.71. The van der Waals surface area contributed by atoms with Crippen molar-refractivity contribution in [1.29, 1.82) is 0 Å². The molecule has 0 spiro atoms. The minimum absolute atomic E-state index is 0. The van der Waals surface area contributed by atoms with E-state index in [4.69, 9.17) is 10.5 Å². The maximum atomic E-state index is 12.8. The monoisotopic (exact) mass is 429 g/mol. The SMILES string of the molecule is COc1ccc(CN2C(=O)c3ccccc3C2=O)cc1C(=O)NC(CN)C1CC1.Cl. The first-order valence-electron chi connectivity index (χ1n) is 9.66. The van der Waals surface area contributed by atoms with Crippen LogP contribution in [0.5, 0.6) is 5.75 Å². The molecule has 1 saturated carbocycles. The maximum absolute atomic E-state index is 12.8. The van der Waals surface area contributed by atoms with Gasteiger partial charge in [0.2, 0.25) is 0 Å². The Morgan fingerprint density at radius 2 is 1.80 bits per heavy atom. The van der Waals surface area contributed by atoms with Gasteiger partial charge in [0.25, 0.3) is 17.7 Å². The highest BCUT2D eigenvalue weighted by Gasteiger charge is 2.35. The van der Waals surface area contributed by atoms with Crippen LogP contribution in [-0.2, 0) is 6.54 Å². The van der Waals surface area contributed by atoms with Crippen molar-refractivity contribution in [3.8, 4) is 5.75 Å². The molecule has 0 radical (unpaired) electrons. The molecular formula is C22H24ClN3O4. The van der Waals surface area contributed by atoms with E-state index in [1.54, 1.807) is 42.5 Å². The number of amides is 3. The molecule has 0 aromatic heterocycles. The number of nitrogens with one attached hydrogen (secondary N) is 1. The Labute approximate surface area is 181 Å². The lowest BCUT2D eigenvalue weighted by Crippen LogP contribution is -2.41. The van der Waals surface area contributed by atoms with Crippen LogP contribution in [0.25, 0.3) is 0 Å². The Bertz CT molecular complexity index is 955.